The van der Waals surface area contributed by atoms with Crippen molar-refractivity contribution in [1.82, 2.24) is 9.38 Å². The fourth-order valence-electron chi connectivity index (χ4n) is 1.90. The van der Waals surface area contributed by atoms with E-state index in [4.69, 9.17) is 0 Å². The molecule has 0 amide bonds. The molecule has 3 aromatic rings. The smallest absolute Gasteiger partial charge is 0.138 e. The maximum atomic E-state index is 9.54. The highest BCUT2D eigenvalue weighted by Crippen LogP contribution is 2.26. The number of hydrogen-bond donors (Lipinski definition) is 1. The Bertz CT molecular complexity index is 703. The molecule has 0 unspecified atom stereocenters. The van der Waals surface area contributed by atoms with Crippen LogP contribution in [0.3, 0.4) is 0 Å². The molecule has 0 aliphatic carbocycles. The van der Waals surface area contributed by atoms with E-state index in [9.17, 15) is 5.11 Å². The zero-order chi connectivity index (χ0) is 11.3. The van der Waals surface area contributed by atoms with Crippen LogP contribution in [0.4, 0.5) is 0 Å². The Balaban J connectivity index is 2.60. The Labute approximate surface area is 100 Å². The third-order valence-corrected chi connectivity index (χ3v) is 3.60. The number of hydrogen-bond acceptors (Lipinski definition) is 2. The molecule has 0 saturated heterocycles. The van der Waals surface area contributed by atoms with Gasteiger partial charge in [0.2, 0.25) is 0 Å². The van der Waals surface area contributed by atoms with Crippen LogP contribution in [0.15, 0.2) is 34.9 Å². The number of rotatable bonds is 0. The van der Waals surface area contributed by atoms with Crippen molar-refractivity contribution in [3.05, 3.63) is 40.6 Å². The van der Waals surface area contributed by atoms with Crippen LogP contribution in [0, 0.1) is 6.92 Å². The SMILES string of the molecule is Cc1nc2ccc3ccc(O)cc3n2c1Br. The molecule has 3 rings (SSSR count). The molecular formula is C12H9BrN2O. The summed E-state index contributed by atoms with van der Waals surface area (Å²) in [6.45, 7) is 1.95. The Kier molecular flexibility index (Phi) is 1.94. The maximum absolute atomic E-state index is 9.54. The summed E-state index contributed by atoms with van der Waals surface area (Å²) in [5.74, 6) is 0.262. The molecular weight excluding hydrogens is 268 g/mol. The lowest BCUT2D eigenvalue weighted by Crippen LogP contribution is -1.88. The lowest BCUT2D eigenvalue weighted by molar-refractivity contribution is 0.476. The summed E-state index contributed by atoms with van der Waals surface area (Å²) in [6, 6.07) is 9.30. The van der Waals surface area contributed by atoms with Gasteiger partial charge in [-0.3, -0.25) is 4.40 Å². The quantitative estimate of drug-likeness (QED) is 0.684. The van der Waals surface area contributed by atoms with Crippen molar-refractivity contribution in [2.24, 2.45) is 0 Å². The van der Waals surface area contributed by atoms with Gasteiger partial charge in [-0.25, -0.2) is 4.98 Å². The van der Waals surface area contributed by atoms with Gasteiger partial charge >= 0.3 is 0 Å². The van der Waals surface area contributed by atoms with Gasteiger partial charge in [-0.2, -0.15) is 0 Å². The number of aromatic hydroxyl groups is 1. The molecule has 0 spiro atoms. The van der Waals surface area contributed by atoms with E-state index in [2.05, 4.69) is 20.9 Å². The second kappa shape index (κ2) is 3.22. The molecule has 0 bridgehead atoms. The van der Waals surface area contributed by atoms with Gasteiger partial charge in [0.05, 0.1) is 11.2 Å². The lowest BCUT2D eigenvalue weighted by atomic mass is 10.2. The molecule has 1 aromatic carbocycles. The van der Waals surface area contributed by atoms with Crippen LogP contribution in [0.1, 0.15) is 5.69 Å². The first kappa shape index (κ1) is 9.66. The zero-order valence-corrected chi connectivity index (χ0v) is 10.2. The van der Waals surface area contributed by atoms with Crippen LogP contribution < -0.4 is 0 Å². The van der Waals surface area contributed by atoms with Crippen molar-refractivity contribution in [3.63, 3.8) is 0 Å². The van der Waals surface area contributed by atoms with Crippen LogP contribution in [0.5, 0.6) is 5.75 Å². The molecule has 0 aliphatic heterocycles. The fraction of sp³-hybridized carbons (Fsp3) is 0.0833. The van der Waals surface area contributed by atoms with Gasteiger partial charge in [-0.15, -0.1) is 0 Å². The van der Waals surface area contributed by atoms with Gasteiger partial charge in [-0.1, -0.05) is 0 Å². The van der Waals surface area contributed by atoms with E-state index in [-0.39, 0.29) is 5.75 Å². The van der Waals surface area contributed by atoms with Crippen molar-refractivity contribution in [2.75, 3.05) is 0 Å². The van der Waals surface area contributed by atoms with Crippen LogP contribution in [-0.4, -0.2) is 14.5 Å². The molecule has 0 saturated carbocycles. The molecule has 2 aromatic heterocycles. The molecule has 0 atom stereocenters. The van der Waals surface area contributed by atoms with Crippen molar-refractivity contribution in [2.45, 2.75) is 6.92 Å². The number of phenols is 1. The minimum atomic E-state index is 0.262. The van der Waals surface area contributed by atoms with E-state index in [1.165, 1.54) is 0 Å². The fourth-order valence-corrected chi connectivity index (χ4v) is 2.36. The molecule has 0 aliphatic rings. The van der Waals surface area contributed by atoms with Crippen LogP contribution in [0.2, 0.25) is 0 Å². The number of phenolic OH excluding ortho intramolecular Hbond substituents is 1. The van der Waals surface area contributed by atoms with Crippen molar-refractivity contribution in [1.29, 1.82) is 0 Å². The van der Waals surface area contributed by atoms with Gasteiger partial charge in [0.1, 0.15) is 16.0 Å². The highest BCUT2D eigenvalue weighted by atomic mass is 79.9. The first-order valence-electron chi connectivity index (χ1n) is 4.93. The van der Waals surface area contributed by atoms with Crippen LogP contribution in [0.25, 0.3) is 16.6 Å². The standard InChI is InChI=1S/C12H9BrN2O/c1-7-12(13)15-10-6-9(16)4-2-8(10)3-5-11(15)14-7/h2-6,16H,1H3. The molecule has 1 N–H and O–H groups in total. The molecule has 3 nitrogen and oxygen atoms in total. The first-order valence-corrected chi connectivity index (χ1v) is 5.72. The molecule has 0 fully saturated rings. The lowest BCUT2D eigenvalue weighted by Gasteiger charge is -2.03. The minimum absolute atomic E-state index is 0.262. The summed E-state index contributed by atoms with van der Waals surface area (Å²) >= 11 is 3.52. The molecule has 4 heteroatoms. The first-order chi connectivity index (χ1) is 7.66. The largest absolute Gasteiger partial charge is 0.508 e. The van der Waals surface area contributed by atoms with E-state index in [1.54, 1.807) is 12.1 Å². The third kappa shape index (κ3) is 1.23. The summed E-state index contributed by atoms with van der Waals surface area (Å²) in [4.78, 5) is 4.43. The Hall–Kier alpha value is -1.55. The number of benzene rings is 1. The second-order valence-corrected chi connectivity index (χ2v) is 4.51. The minimum Gasteiger partial charge on any atom is -0.508 e. The summed E-state index contributed by atoms with van der Waals surface area (Å²) in [5, 5.41) is 10.6. The van der Waals surface area contributed by atoms with Crippen molar-refractivity contribution >= 4 is 32.5 Å². The highest BCUT2D eigenvalue weighted by molar-refractivity contribution is 9.10. The number of imidazole rings is 1. The second-order valence-electron chi connectivity index (χ2n) is 3.76. The Morgan fingerprint density at radius 3 is 2.81 bits per heavy atom. The maximum Gasteiger partial charge on any atom is 0.138 e. The van der Waals surface area contributed by atoms with E-state index >= 15 is 0 Å². The average molecular weight is 277 g/mol. The molecule has 16 heavy (non-hydrogen) atoms. The number of aryl methyl sites for hydroxylation is 1. The number of nitrogens with zero attached hydrogens (tertiary/aromatic N) is 2. The van der Waals surface area contributed by atoms with E-state index in [0.717, 1.165) is 26.8 Å². The number of pyridine rings is 1. The van der Waals surface area contributed by atoms with E-state index in [0.29, 0.717) is 0 Å². The number of aromatic nitrogens is 2. The van der Waals surface area contributed by atoms with Crippen LogP contribution in [-0.2, 0) is 0 Å². The number of fused-ring (bicyclic) bond motifs is 3. The Morgan fingerprint density at radius 2 is 2.00 bits per heavy atom. The van der Waals surface area contributed by atoms with Crippen LogP contribution >= 0.6 is 15.9 Å². The van der Waals surface area contributed by atoms with Crippen molar-refractivity contribution < 1.29 is 5.11 Å². The third-order valence-electron chi connectivity index (χ3n) is 2.67. The summed E-state index contributed by atoms with van der Waals surface area (Å²) in [6.07, 6.45) is 0. The van der Waals surface area contributed by atoms with Crippen molar-refractivity contribution in [3.8, 4) is 5.75 Å². The summed E-state index contributed by atoms with van der Waals surface area (Å²) in [7, 11) is 0. The van der Waals surface area contributed by atoms with Gasteiger partial charge in [0.25, 0.3) is 0 Å². The summed E-state index contributed by atoms with van der Waals surface area (Å²) < 4.78 is 2.92. The van der Waals surface area contributed by atoms with Gasteiger partial charge < -0.3 is 5.11 Å². The highest BCUT2D eigenvalue weighted by Gasteiger charge is 2.08. The predicted octanol–water partition coefficient (Wildman–Crippen LogP) is 3.26. The molecule has 2 heterocycles. The van der Waals surface area contributed by atoms with Gasteiger partial charge in [0, 0.05) is 6.07 Å². The van der Waals surface area contributed by atoms with E-state index in [1.807, 2.05) is 29.5 Å². The molecule has 80 valence electrons. The number of halogens is 1. The van der Waals surface area contributed by atoms with Gasteiger partial charge in [0.15, 0.2) is 0 Å². The summed E-state index contributed by atoms with van der Waals surface area (Å²) in [5.41, 5.74) is 2.77. The normalized spacial score (nSPS) is 11.4. The molecule has 0 radical (unpaired) electrons. The monoisotopic (exact) mass is 276 g/mol. The average Bonchev–Trinajstić information content (AvgIpc) is 2.55. The predicted molar refractivity (Wildman–Crippen MR) is 66.8 cm³/mol. The van der Waals surface area contributed by atoms with Gasteiger partial charge in [-0.05, 0) is 52.5 Å². The van der Waals surface area contributed by atoms with E-state index < -0.39 is 0 Å². The Morgan fingerprint density at radius 1 is 1.25 bits per heavy atom. The topological polar surface area (TPSA) is 37.5 Å². The zero-order valence-electron chi connectivity index (χ0n) is 8.61.